The van der Waals surface area contributed by atoms with Crippen molar-refractivity contribution >= 4 is 11.9 Å². The predicted octanol–water partition coefficient (Wildman–Crippen LogP) is 0.569. The van der Waals surface area contributed by atoms with Crippen LogP contribution in [0, 0.1) is 0 Å². The molecule has 7 heteroatoms. The van der Waals surface area contributed by atoms with Crippen LogP contribution >= 0.6 is 0 Å². The number of halogens is 3. The summed E-state index contributed by atoms with van der Waals surface area (Å²) < 4.78 is 39.8. The van der Waals surface area contributed by atoms with Gasteiger partial charge in [0.1, 0.15) is 6.04 Å². The van der Waals surface area contributed by atoms with Crippen LogP contribution in [0.4, 0.5) is 13.2 Å². The van der Waals surface area contributed by atoms with E-state index in [9.17, 15) is 22.8 Å². The summed E-state index contributed by atoms with van der Waals surface area (Å²) >= 11 is 0. The summed E-state index contributed by atoms with van der Waals surface area (Å²) in [5.74, 6) is -2.97. The molecule has 1 amide bonds. The average molecular weight is 213 g/mol. The summed E-state index contributed by atoms with van der Waals surface area (Å²) in [5.41, 5.74) is 0. The molecule has 0 aliphatic rings. The topological polar surface area (TPSA) is 46.6 Å². The van der Waals surface area contributed by atoms with E-state index in [4.69, 9.17) is 0 Å². The fourth-order valence-electron chi connectivity index (χ4n) is 0.705. The number of alkyl halides is 3. The molecule has 0 aliphatic heterocycles. The lowest BCUT2D eigenvalue weighted by Gasteiger charge is -2.23. The summed E-state index contributed by atoms with van der Waals surface area (Å²) in [5, 5.41) is 0. The highest BCUT2D eigenvalue weighted by atomic mass is 19.4. The van der Waals surface area contributed by atoms with E-state index in [1.165, 1.54) is 0 Å². The maximum atomic E-state index is 11.9. The number of carbonyl (C=O) groups excluding carboxylic acids is 2. The lowest BCUT2D eigenvalue weighted by atomic mass is 10.3. The molecule has 0 aromatic rings. The van der Waals surface area contributed by atoms with Gasteiger partial charge in [-0.2, -0.15) is 13.2 Å². The van der Waals surface area contributed by atoms with Crippen molar-refractivity contribution in [1.29, 1.82) is 0 Å². The molecule has 82 valence electrons. The van der Waals surface area contributed by atoms with E-state index in [0.717, 1.165) is 21.1 Å². The minimum absolute atomic E-state index is 0.284. The third kappa shape index (κ3) is 2.90. The van der Waals surface area contributed by atoms with E-state index in [0.29, 0.717) is 0 Å². The van der Waals surface area contributed by atoms with Crippen molar-refractivity contribution < 1.29 is 27.5 Å². The van der Waals surface area contributed by atoms with Crippen LogP contribution in [0.15, 0.2) is 0 Å². The Morgan fingerprint density at radius 1 is 1.36 bits per heavy atom. The molecular formula is C7H10F3NO3. The molecule has 1 unspecified atom stereocenters. The van der Waals surface area contributed by atoms with Crippen LogP contribution in [0.1, 0.15) is 6.92 Å². The molecular weight excluding hydrogens is 203 g/mol. The zero-order valence-electron chi connectivity index (χ0n) is 7.88. The summed E-state index contributed by atoms with van der Waals surface area (Å²) in [7, 11) is 1.92. The summed E-state index contributed by atoms with van der Waals surface area (Å²) in [6.07, 6.45) is -4.98. The molecule has 4 nitrogen and oxygen atoms in total. The predicted molar refractivity (Wildman–Crippen MR) is 40.3 cm³/mol. The van der Waals surface area contributed by atoms with Gasteiger partial charge < -0.3 is 9.64 Å². The second-order valence-corrected chi connectivity index (χ2v) is 2.61. The van der Waals surface area contributed by atoms with Gasteiger partial charge in [-0.25, -0.2) is 4.79 Å². The lowest BCUT2D eigenvalue weighted by molar-refractivity contribution is -0.187. The molecule has 0 aliphatic carbocycles. The Hall–Kier alpha value is -1.27. The number of amides is 1. The second kappa shape index (κ2) is 4.30. The molecule has 0 bridgehead atoms. The molecule has 0 radical (unpaired) electrons. The first-order valence-corrected chi connectivity index (χ1v) is 3.63. The molecule has 0 rings (SSSR count). The normalized spacial score (nSPS) is 13.3. The van der Waals surface area contributed by atoms with Gasteiger partial charge in [-0.1, -0.05) is 0 Å². The average Bonchev–Trinajstić information content (AvgIpc) is 2.11. The molecule has 0 spiro atoms. The standard InChI is InChI=1S/C7H10F3NO3/c1-4(5(12)14-3)11(2)6(13)7(8,9)10/h4H,1-3H3. The van der Waals surface area contributed by atoms with E-state index in [-0.39, 0.29) is 4.90 Å². The maximum absolute atomic E-state index is 11.9. The first-order chi connectivity index (χ1) is 6.21. The number of likely N-dealkylation sites (N-methyl/N-ethyl adjacent to an activating group) is 1. The molecule has 0 aromatic carbocycles. The zero-order chi connectivity index (χ0) is 11.5. The molecule has 0 saturated carbocycles. The fourth-order valence-corrected chi connectivity index (χ4v) is 0.705. The SMILES string of the molecule is COC(=O)C(C)N(C)C(=O)C(F)(F)F. The molecule has 14 heavy (non-hydrogen) atoms. The van der Waals surface area contributed by atoms with Crippen molar-refractivity contribution in [1.82, 2.24) is 4.90 Å². The van der Waals surface area contributed by atoms with Crippen LogP contribution in [-0.2, 0) is 14.3 Å². The minimum Gasteiger partial charge on any atom is -0.467 e. The monoisotopic (exact) mass is 213 g/mol. The van der Waals surface area contributed by atoms with Crippen molar-refractivity contribution in [2.75, 3.05) is 14.2 Å². The second-order valence-electron chi connectivity index (χ2n) is 2.61. The van der Waals surface area contributed by atoms with Gasteiger partial charge in [0.05, 0.1) is 7.11 Å². The Morgan fingerprint density at radius 3 is 2.07 bits per heavy atom. The van der Waals surface area contributed by atoms with E-state index in [1.807, 2.05) is 0 Å². The number of rotatable bonds is 2. The van der Waals surface area contributed by atoms with Crippen LogP contribution in [0.25, 0.3) is 0 Å². The summed E-state index contributed by atoms with van der Waals surface area (Å²) in [6.45, 7) is 1.15. The van der Waals surface area contributed by atoms with Crippen LogP contribution in [0.3, 0.4) is 0 Å². The number of hydrogen-bond acceptors (Lipinski definition) is 3. The van der Waals surface area contributed by atoms with Gasteiger partial charge in [0.15, 0.2) is 0 Å². The maximum Gasteiger partial charge on any atom is 0.471 e. The number of carbonyl (C=O) groups is 2. The van der Waals surface area contributed by atoms with Gasteiger partial charge in [-0.05, 0) is 6.92 Å². The fraction of sp³-hybridized carbons (Fsp3) is 0.714. The van der Waals surface area contributed by atoms with E-state index in [1.54, 1.807) is 0 Å². The van der Waals surface area contributed by atoms with Crippen molar-refractivity contribution in [3.8, 4) is 0 Å². The Bertz CT molecular complexity index is 239. The van der Waals surface area contributed by atoms with Crippen LogP contribution in [0.5, 0.6) is 0 Å². The quantitative estimate of drug-likeness (QED) is 0.630. The van der Waals surface area contributed by atoms with Crippen LogP contribution in [-0.4, -0.2) is 43.2 Å². The molecule has 0 fully saturated rings. The van der Waals surface area contributed by atoms with E-state index in [2.05, 4.69) is 4.74 Å². The third-order valence-electron chi connectivity index (χ3n) is 1.69. The highest BCUT2D eigenvalue weighted by Crippen LogP contribution is 2.18. The van der Waals surface area contributed by atoms with Gasteiger partial charge >= 0.3 is 18.1 Å². The number of nitrogens with zero attached hydrogens (tertiary/aromatic N) is 1. The van der Waals surface area contributed by atoms with Crippen molar-refractivity contribution in [3.05, 3.63) is 0 Å². The molecule has 0 N–H and O–H groups in total. The van der Waals surface area contributed by atoms with Crippen LogP contribution in [0.2, 0.25) is 0 Å². The highest BCUT2D eigenvalue weighted by Gasteiger charge is 2.43. The largest absolute Gasteiger partial charge is 0.471 e. The highest BCUT2D eigenvalue weighted by molar-refractivity contribution is 5.87. The van der Waals surface area contributed by atoms with Gasteiger partial charge in [0, 0.05) is 7.05 Å². The third-order valence-corrected chi connectivity index (χ3v) is 1.69. The summed E-state index contributed by atoms with van der Waals surface area (Å²) in [4.78, 5) is 21.7. The minimum atomic E-state index is -4.98. The van der Waals surface area contributed by atoms with Crippen molar-refractivity contribution in [2.45, 2.75) is 19.1 Å². The smallest absolute Gasteiger partial charge is 0.467 e. The van der Waals surface area contributed by atoms with E-state index >= 15 is 0 Å². The van der Waals surface area contributed by atoms with Crippen molar-refractivity contribution in [3.63, 3.8) is 0 Å². The van der Waals surface area contributed by atoms with Gasteiger partial charge in [0.2, 0.25) is 0 Å². The molecule has 0 aromatic heterocycles. The molecule has 0 saturated heterocycles. The van der Waals surface area contributed by atoms with Gasteiger partial charge in [0.25, 0.3) is 0 Å². The van der Waals surface area contributed by atoms with E-state index < -0.39 is 24.1 Å². The number of methoxy groups -OCH3 is 1. The number of ether oxygens (including phenoxy) is 1. The van der Waals surface area contributed by atoms with Crippen LogP contribution < -0.4 is 0 Å². The number of esters is 1. The lowest BCUT2D eigenvalue weighted by Crippen LogP contribution is -2.46. The number of hydrogen-bond donors (Lipinski definition) is 0. The van der Waals surface area contributed by atoms with Gasteiger partial charge in [-0.3, -0.25) is 4.79 Å². The summed E-state index contributed by atoms with van der Waals surface area (Å²) in [6, 6.07) is -1.26. The Kier molecular flexibility index (Phi) is 3.91. The van der Waals surface area contributed by atoms with Gasteiger partial charge in [-0.15, -0.1) is 0 Å². The molecule has 0 heterocycles. The Balaban J connectivity index is 4.55. The first-order valence-electron chi connectivity index (χ1n) is 3.63. The molecule has 1 atom stereocenters. The van der Waals surface area contributed by atoms with Crippen molar-refractivity contribution in [2.24, 2.45) is 0 Å². The first kappa shape index (κ1) is 12.7. The Labute approximate surface area is 78.6 Å². The Morgan fingerprint density at radius 2 is 1.79 bits per heavy atom. The zero-order valence-corrected chi connectivity index (χ0v) is 7.88.